The van der Waals surface area contributed by atoms with Crippen molar-refractivity contribution in [2.75, 3.05) is 6.54 Å². The third-order valence-electron chi connectivity index (χ3n) is 5.56. The van der Waals surface area contributed by atoms with Gasteiger partial charge in [-0.3, -0.25) is 0 Å². The molecule has 2 nitrogen and oxygen atoms in total. The number of hydrogen-bond acceptors (Lipinski definition) is 2. The zero-order valence-electron chi connectivity index (χ0n) is 13.2. The number of aliphatic hydroxyl groups is 1. The molecule has 0 saturated heterocycles. The molecule has 0 amide bonds. The molecule has 3 unspecified atom stereocenters. The molecule has 0 aromatic heterocycles. The summed E-state index contributed by atoms with van der Waals surface area (Å²) in [4.78, 5) is 0. The van der Waals surface area contributed by atoms with Gasteiger partial charge in [0.2, 0.25) is 0 Å². The molecule has 2 rings (SSSR count). The SMILES string of the molecule is CCC1CCCC(CN)(C(C)(O)c2ccc(C)cc2)C1. The maximum atomic E-state index is 11.3. The lowest BCUT2D eigenvalue weighted by molar-refractivity contribution is -0.102. The molecule has 3 N–H and O–H groups in total. The minimum Gasteiger partial charge on any atom is -0.385 e. The van der Waals surface area contributed by atoms with Gasteiger partial charge in [-0.2, -0.15) is 0 Å². The highest BCUT2D eigenvalue weighted by atomic mass is 16.3. The summed E-state index contributed by atoms with van der Waals surface area (Å²) < 4.78 is 0. The number of hydrogen-bond donors (Lipinski definition) is 2. The van der Waals surface area contributed by atoms with Gasteiger partial charge in [0.15, 0.2) is 0 Å². The monoisotopic (exact) mass is 275 g/mol. The second-order valence-electron chi connectivity index (χ2n) is 6.79. The molecule has 2 heteroatoms. The second kappa shape index (κ2) is 5.87. The normalized spacial score (nSPS) is 29.9. The Balaban J connectivity index is 2.35. The van der Waals surface area contributed by atoms with Crippen molar-refractivity contribution >= 4 is 0 Å². The van der Waals surface area contributed by atoms with E-state index < -0.39 is 5.60 Å². The molecule has 112 valence electrons. The Kier molecular flexibility index (Phi) is 4.55. The standard InChI is InChI=1S/C18H29NO/c1-4-15-6-5-11-18(12-15,13-19)17(3,20)16-9-7-14(2)8-10-16/h7-10,15,20H,4-6,11-13,19H2,1-3H3. The maximum absolute atomic E-state index is 11.3. The van der Waals surface area contributed by atoms with Crippen LogP contribution in [0.5, 0.6) is 0 Å². The van der Waals surface area contributed by atoms with Gasteiger partial charge in [0, 0.05) is 12.0 Å². The lowest BCUT2D eigenvalue weighted by Gasteiger charge is -2.50. The van der Waals surface area contributed by atoms with E-state index in [2.05, 4.69) is 38.1 Å². The van der Waals surface area contributed by atoms with E-state index in [1.54, 1.807) is 0 Å². The van der Waals surface area contributed by atoms with E-state index >= 15 is 0 Å². The van der Waals surface area contributed by atoms with Gasteiger partial charge in [0.1, 0.15) is 0 Å². The summed E-state index contributed by atoms with van der Waals surface area (Å²) in [6.45, 7) is 6.84. The molecule has 0 heterocycles. The molecule has 1 aromatic carbocycles. The van der Waals surface area contributed by atoms with Gasteiger partial charge in [0.25, 0.3) is 0 Å². The Morgan fingerprint density at radius 2 is 2.00 bits per heavy atom. The van der Waals surface area contributed by atoms with Crippen LogP contribution in [0.2, 0.25) is 0 Å². The van der Waals surface area contributed by atoms with Gasteiger partial charge in [-0.25, -0.2) is 0 Å². The number of benzene rings is 1. The van der Waals surface area contributed by atoms with Crippen molar-refractivity contribution in [1.82, 2.24) is 0 Å². The number of rotatable bonds is 4. The summed E-state index contributed by atoms with van der Waals surface area (Å²) in [5.74, 6) is 0.698. The van der Waals surface area contributed by atoms with E-state index in [0.717, 1.165) is 18.4 Å². The summed E-state index contributed by atoms with van der Waals surface area (Å²) >= 11 is 0. The third-order valence-corrected chi connectivity index (χ3v) is 5.56. The van der Waals surface area contributed by atoms with Crippen LogP contribution in [0, 0.1) is 18.3 Å². The highest BCUT2D eigenvalue weighted by molar-refractivity contribution is 5.28. The van der Waals surface area contributed by atoms with Crippen LogP contribution < -0.4 is 5.73 Å². The van der Waals surface area contributed by atoms with E-state index in [1.807, 2.05) is 6.92 Å². The van der Waals surface area contributed by atoms with E-state index in [4.69, 9.17) is 5.73 Å². The topological polar surface area (TPSA) is 46.2 Å². The fourth-order valence-electron chi connectivity index (χ4n) is 3.84. The van der Waals surface area contributed by atoms with Crippen molar-refractivity contribution in [2.24, 2.45) is 17.1 Å². The van der Waals surface area contributed by atoms with E-state index in [0.29, 0.717) is 12.5 Å². The largest absolute Gasteiger partial charge is 0.385 e. The highest BCUT2D eigenvalue weighted by Gasteiger charge is 2.49. The van der Waals surface area contributed by atoms with E-state index in [9.17, 15) is 5.11 Å². The average Bonchev–Trinajstić information content (AvgIpc) is 2.47. The van der Waals surface area contributed by atoms with Crippen molar-refractivity contribution in [1.29, 1.82) is 0 Å². The molecule has 0 bridgehead atoms. The first-order valence-electron chi connectivity index (χ1n) is 7.95. The van der Waals surface area contributed by atoms with Gasteiger partial charge in [-0.05, 0) is 38.2 Å². The summed E-state index contributed by atoms with van der Waals surface area (Å²) in [6, 6.07) is 8.27. The third kappa shape index (κ3) is 2.64. The summed E-state index contributed by atoms with van der Waals surface area (Å²) in [5, 5.41) is 11.3. The van der Waals surface area contributed by atoms with Crippen LogP contribution in [0.4, 0.5) is 0 Å². The molecule has 0 radical (unpaired) electrons. The Morgan fingerprint density at radius 1 is 1.35 bits per heavy atom. The van der Waals surface area contributed by atoms with Crippen molar-refractivity contribution < 1.29 is 5.11 Å². The lowest BCUT2D eigenvalue weighted by Crippen LogP contribution is -2.51. The molecular weight excluding hydrogens is 246 g/mol. The average molecular weight is 275 g/mol. The van der Waals surface area contributed by atoms with E-state index in [1.165, 1.54) is 24.8 Å². The molecule has 1 fully saturated rings. The Hall–Kier alpha value is -0.860. The fourth-order valence-corrected chi connectivity index (χ4v) is 3.84. The molecule has 0 aliphatic heterocycles. The zero-order valence-corrected chi connectivity index (χ0v) is 13.2. The maximum Gasteiger partial charge on any atom is 0.0936 e. The van der Waals surface area contributed by atoms with Gasteiger partial charge < -0.3 is 10.8 Å². The van der Waals surface area contributed by atoms with Crippen molar-refractivity contribution in [3.8, 4) is 0 Å². The first-order chi connectivity index (χ1) is 9.45. The summed E-state index contributed by atoms with van der Waals surface area (Å²) in [6.07, 6.45) is 5.72. The first kappa shape index (κ1) is 15.5. The molecule has 1 aliphatic rings. The van der Waals surface area contributed by atoms with Crippen LogP contribution >= 0.6 is 0 Å². The molecular formula is C18H29NO. The van der Waals surface area contributed by atoms with Gasteiger partial charge in [-0.15, -0.1) is 0 Å². The Bertz CT molecular complexity index is 437. The van der Waals surface area contributed by atoms with Gasteiger partial charge in [-0.1, -0.05) is 56.0 Å². The van der Waals surface area contributed by atoms with Crippen molar-refractivity contribution in [2.45, 2.75) is 58.5 Å². The fraction of sp³-hybridized carbons (Fsp3) is 0.667. The molecule has 1 saturated carbocycles. The number of aryl methyl sites for hydroxylation is 1. The quantitative estimate of drug-likeness (QED) is 0.879. The first-order valence-corrected chi connectivity index (χ1v) is 7.95. The molecule has 3 atom stereocenters. The highest BCUT2D eigenvalue weighted by Crippen LogP contribution is 2.51. The Labute approximate surface area is 123 Å². The van der Waals surface area contributed by atoms with Crippen LogP contribution in [-0.4, -0.2) is 11.7 Å². The van der Waals surface area contributed by atoms with Crippen molar-refractivity contribution in [3.63, 3.8) is 0 Å². The minimum absolute atomic E-state index is 0.179. The van der Waals surface area contributed by atoms with Crippen LogP contribution in [0.15, 0.2) is 24.3 Å². The smallest absolute Gasteiger partial charge is 0.0936 e. The summed E-state index contributed by atoms with van der Waals surface area (Å²) in [7, 11) is 0. The van der Waals surface area contributed by atoms with E-state index in [-0.39, 0.29) is 5.41 Å². The van der Waals surface area contributed by atoms with Gasteiger partial charge >= 0.3 is 0 Å². The molecule has 1 aliphatic carbocycles. The Morgan fingerprint density at radius 3 is 2.55 bits per heavy atom. The molecule has 20 heavy (non-hydrogen) atoms. The van der Waals surface area contributed by atoms with Crippen LogP contribution in [0.25, 0.3) is 0 Å². The number of nitrogens with two attached hydrogens (primary N) is 1. The predicted octanol–water partition coefficient (Wildman–Crippen LogP) is 3.75. The van der Waals surface area contributed by atoms with Crippen LogP contribution in [0.1, 0.15) is 57.1 Å². The lowest BCUT2D eigenvalue weighted by atomic mass is 9.59. The van der Waals surface area contributed by atoms with Crippen LogP contribution in [0.3, 0.4) is 0 Å². The summed E-state index contributed by atoms with van der Waals surface area (Å²) in [5.41, 5.74) is 7.35. The molecule has 0 spiro atoms. The molecule has 1 aromatic rings. The zero-order chi connectivity index (χ0) is 14.8. The second-order valence-corrected chi connectivity index (χ2v) is 6.79. The predicted molar refractivity (Wildman–Crippen MR) is 84.5 cm³/mol. The van der Waals surface area contributed by atoms with Crippen molar-refractivity contribution in [3.05, 3.63) is 35.4 Å². The minimum atomic E-state index is -0.844. The van der Waals surface area contributed by atoms with Gasteiger partial charge in [0.05, 0.1) is 5.60 Å². The van der Waals surface area contributed by atoms with Crippen LogP contribution in [-0.2, 0) is 5.60 Å².